The Morgan fingerprint density at radius 1 is 0.833 bits per heavy atom. The average molecular weight is 232 g/mol. The van der Waals surface area contributed by atoms with E-state index in [0.717, 1.165) is 12.8 Å². The van der Waals surface area contributed by atoms with Crippen LogP contribution in [0.15, 0.2) is 72.4 Å². The van der Waals surface area contributed by atoms with Gasteiger partial charge in [-0.15, -0.1) is 0 Å². The lowest BCUT2D eigenvalue weighted by Gasteiger charge is -2.05. The van der Waals surface area contributed by atoms with E-state index < -0.39 is 0 Å². The second-order valence-electron chi connectivity index (χ2n) is 4.66. The van der Waals surface area contributed by atoms with E-state index in [2.05, 4.69) is 72.9 Å². The van der Waals surface area contributed by atoms with Crippen LogP contribution in [0.5, 0.6) is 0 Å². The molecule has 88 valence electrons. The lowest BCUT2D eigenvalue weighted by atomic mass is 10.0. The summed E-state index contributed by atoms with van der Waals surface area (Å²) >= 11 is 0. The van der Waals surface area contributed by atoms with Crippen LogP contribution >= 0.6 is 0 Å². The van der Waals surface area contributed by atoms with Crippen LogP contribution in [0.3, 0.4) is 0 Å². The van der Waals surface area contributed by atoms with Crippen molar-refractivity contribution in [2.24, 2.45) is 0 Å². The lowest BCUT2D eigenvalue weighted by Crippen LogP contribution is -1.84. The highest BCUT2D eigenvalue weighted by Gasteiger charge is 2.02. The van der Waals surface area contributed by atoms with Gasteiger partial charge in [0.2, 0.25) is 0 Å². The molecule has 0 unspecified atom stereocenters. The molecule has 0 amide bonds. The second kappa shape index (κ2) is 5.05. The summed E-state index contributed by atoms with van der Waals surface area (Å²) in [5.74, 6) is 0. The highest BCUT2D eigenvalue weighted by atomic mass is 14.1. The molecule has 3 rings (SSSR count). The van der Waals surface area contributed by atoms with Gasteiger partial charge in [-0.1, -0.05) is 72.9 Å². The Hall–Kier alpha value is -2.08. The number of benzene rings is 1. The first-order valence-electron chi connectivity index (χ1n) is 6.42. The summed E-state index contributed by atoms with van der Waals surface area (Å²) in [5, 5.41) is 0. The van der Waals surface area contributed by atoms with E-state index in [0.29, 0.717) is 0 Å². The van der Waals surface area contributed by atoms with Crippen LogP contribution in [0.2, 0.25) is 0 Å². The van der Waals surface area contributed by atoms with Crippen molar-refractivity contribution in [3.63, 3.8) is 0 Å². The van der Waals surface area contributed by atoms with E-state index >= 15 is 0 Å². The predicted octanol–water partition coefficient (Wildman–Crippen LogP) is 4.93. The maximum absolute atomic E-state index is 2.26. The Morgan fingerprint density at radius 3 is 2.33 bits per heavy atom. The van der Waals surface area contributed by atoms with Crippen molar-refractivity contribution in [2.75, 3.05) is 0 Å². The number of allylic oxidation sites excluding steroid dienone is 9. The molecule has 1 aromatic rings. The van der Waals surface area contributed by atoms with Crippen molar-refractivity contribution in [2.45, 2.75) is 12.8 Å². The molecule has 0 aliphatic heterocycles. The highest BCUT2D eigenvalue weighted by molar-refractivity contribution is 5.72. The van der Waals surface area contributed by atoms with Gasteiger partial charge in [0.1, 0.15) is 0 Å². The fourth-order valence-electron chi connectivity index (χ4n) is 2.31. The van der Waals surface area contributed by atoms with E-state index in [1.54, 1.807) is 0 Å². The molecule has 0 nitrogen and oxygen atoms in total. The van der Waals surface area contributed by atoms with E-state index in [4.69, 9.17) is 0 Å². The molecule has 2 aliphatic carbocycles. The van der Waals surface area contributed by atoms with Crippen molar-refractivity contribution >= 4 is 11.6 Å². The molecule has 0 aromatic heterocycles. The molecule has 0 radical (unpaired) electrons. The van der Waals surface area contributed by atoms with E-state index in [9.17, 15) is 0 Å². The Morgan fingerprint density at radius 2 is 1.67 bits per heavy atom. The third kappa shape index (κ3) is 2.43. The third-order valence-corrected chi connectivity index (χ3v) is 3.32. The van der Waals surface area contributed by atoms with Crippen molar-refractivity contribution < 1.29 is 0 Å². The van der Waals surface area contributed by atoms with Crippen molar-refractivity contribution in [3.05, 3.63) is 83.5 Å². The molecule has 0 saturated heterocycles. The van der Waals surface area contributed by atoms with E-state index in [1.165, 1.54) is 22.3 Å². The predicted molar refractivity (Wildman–Crippen MR) is 79.1 cm³/mol. The molecule has 0 fully saturated rings. The van der Waals surface area contributed by atoms with Gasteiger partial charge in [0.05, 0.1) is 0 Å². The Balaban J connectivity index is 1.79. The molecule has 0 heterocycles. The molecular formula is C18H16. The molecular weight excluding hydrogens is 216 g/mol. The first kappa shape index (κ1) is 11.0. The number of rotatable bonds is 2. The SMILES string of the molecule is C1=CCC(c2ccc(/C=C3\C=CC=CC3)cc2)=C1. The summed E-state index contributed by atoms with van der Waals surface area (Å²) in [4.78, 5) is 0. The minimum Gasteiger partial charge on any atom is -0.0801 e. The zero-order valence-electron chi connectivity index (χ0n) is 10.3. The van der Waals surface area contributed by atoms with Crippen LogP contribution in [-0.2, 0) is 0 Å². The van der Waals surface area contributed by atoms with Gasteiger partial charge in [-0.2, -0.15) is 0 Å². The second-order valence-corrected chi connectivity index (χ2v) is 4.66. The first-order chi connectivity index (χ1) is 8.92. The smallest absolute Gasteiger partial charge is 0.00884 e. The zero-order valence-corrected chi connectivity index (χ0v) is 10.3. The van der Waals surface area contributed by atoms with Gasteiger partial charge in [0, 0.05) is 0 Å². The topological polar surface area (TPSA) is 0 Å². The summed E-state index contributed by atoms with van der Waals surface area (Å²) in [6.45, 7) is 0. The maximum Gasteiger partial charge on any atom is -0.00884 e. The van der Waals surface area contributed by atoms with Crippen LogP contribution in [0.1, 0.15) is 24.0 Å². The van der Waals surface area contributed by atoms with Crippen LogP contribution in [0.4, 0.5) is 0 Å². The Kier molecular flexibility index (Phi) is 3.10. The lowest BCUT2D eigenvalue weighted by molar-refractivity contribution is 1.28. The monoisotopic (exact) mass is 232 g/mol. The van der Waals surface area contributed by atoms with Crippen molar-refractivity contribution in [1.82, 2.24) is 0 Å². The molecule has 18 heavy (non-hydrogen) atoms. The van der Waals surface area contributed by atoms with E-state index in [1.807, 2.05) is 0 Å². The van der Waals surface area contributed by atoms with Crippen molar-refractivity contribution in [1.29, 1.82) is 0 Å². The molecule has 0 bridgehead atoms. The Bertz CT molecular complexity index is 575. The summed E-state index contributed by atoms with van der Waals surface area (Å²) in [6, 6.07) is 8.84. The summed E-state index contributed by atoms with van der Waals surface area (Å²) in [6.07, 6.45) is 19.4. The fourth-order valence-corrected chi connectivity index (χ4v) is 2.31. The van der Waals surface area contributed by atoms with Gasteiger partial charge in [0.25, 0.3) is 0 Å². The average Bonchev–Trinajstić information content (AvgIpc) is 2.95. The van der Waals surface area contributed by atoms with Gasteiger partial charge in [0.15, 0.2) is 0 Å². The van der Waals surface area contributed by atoms with Gasteiger partial charge >= 0.3 is 0 Å². The molecule has 0 atom stereocenters. The quantitative estimate of drug-likeness (QED) is 0.678. The minimum absolute atomic E-state index is 1.04. The molecule has 0 saturated carbocycles. The normalized spacial score (nSPS) is 19.6. The zero-order chi connectivity index (χ0) is 12.2. The fraction of sp³-hybridized carbons (Fsp3) is 0.111. The van der Waals surface area contributed by atoms with Crippen LogP contribution in [-0.4, -0.2) is 0 Å². The standard InChI is InChI=1S/C18H16/c1-2-6-15(7-3-1)14-16-10-12-18(13-11-16)17-8-4-5-9-17/h1-6,8,10-14H,7,9H2/b15-14+. The van der Waals surface area contributed by atoms with Crippen LogP contribution < -0.4 is 0 Å². The maximum atomic E-state index is 2.26. The van der Waals surface area contributed by atoms with Gasteiger partial charge < -0.3 is 0 Å². The van der Waals surface area contributed by atoms with Gasteiger partial charge in [-0.05, 0) is 35.1 Å². The Labute approximate surface area is 108 Å². The summed E-state index contributed by atoms with van der Waals surface area (Å²) in [7, 11) is 0. The molecule has 0 spiro atoms. The summed E-state index contributed by atoms with van der Waals surface area (Å²) < 4.78 is 0. The summed E-state index contributed by atoms with van der Waals surface area (Å²) in [5.41, 5.74) is 5.39. The van der Waals surface area contributed by atoms with Crippen molar-refractivity contribution in [3.8, 4) is 0 Å². The third-order valence-electron chi connectivity index (χ3n) is 3.32. The first-order valence-corrected chi connectivity index (χ1v) is 6.42. The van der Waals surface area contributed by atoms with Crippen LogP contribution in [0.25, 0.3) is 11.6 Å². The largest absolute Gasteiger partial charge is 0.0801 e. The van der Waals surface area contributed by atoms with Crippen LogP contribution in [0, 0.1) is 0 Å². The molecule has 0 heteroatoms. The number of hydrogen-bond acceptors (Lipinski definition) is 0. The molecule has 0 N–H and O–H groups in total. The van der Waals surface area contributed by atoms with Gasteiger partial charge in [-0.3, -0.25) is 0 Å². The molecule has 2 aliphatic rings. The highest BCUT2D eigenvalue weighted by Crippen LogP contribution is 2.24. The van der Waals surface area contributed by atoms with Gasteiger partial charge in [-0.25, -0.2) is 0 Å². The number of hydrogen-bond donors (Lipinski definition) is 0. The molecule has 1 aromatic carbocycles. The van der Waals surface area contributed by atoms with E-state index in [-0.39, 0.29) is 0 Å². The minimum atomic E-state index is 1.04.